The molecule has 0 spiro atoms. The number of anilines is 2. The molecule has 0 amide bonds. The maximum Gasteiger partial charge on any atom is 0.227 e. The smallest absolute Gasteiger partial charge is 0.227 e. The second-order valence-corrected chi connectivity index (χ2v) is 5.09. The number of piperidine rings is 1. The molecule has 4 heteroatoms. The molecule has 1 aliphatic heterocycles. The van der Waals surface area contributed by atoms with Crippen molar-refractivity contribution in [2.45, 2.75) is 27.2 Å². The van der Waals surface area contributed by atoms with Crippen LogP contribution >= 0.6 is 0 Å². The molecule has 16 heavy (non-hydrogen) atoms. The van der Waals surface area contributed by atoms with Crippen LogP contribution < -0.4 is 10.6 Å². The van der Waals surface area contributed by atoms with Crippen molar-refractivity contribution in [1.82, 2.24) is 9.97 Å². The van der Waals surface area contributed by atoms with Gasteiger partial charge in [0.05, 0.1) is 0 Å². The number of hydrogen-bond donors (Lipinski definition) is 1. The summed E-state index contributed by atoms with van der Waals surface area (Å²) < 4.78 is 0. The van der Waals surface area contributed by atoms with Crippen LogP contribution in [0.15, 0.2) is 6.07 Å². The summed E-state index contributed by atoms with van der Waals surface area (Å²) in [4.78, 5) is 11.0. The van der Waals surface area contributed by atoms with Crippen LogP contribution in [-0.4, -0.2) is 23.1 Å². The van der Waals surface area contributed by atoms with E-state index in [2.05, 4.69) is 28.7 Å². The summed E-state index contributed by atoms with van der Waals surface area (Å²) in [6, 6.07) is 1.81. The summed E-state index contributed by atoms with van der Waals surface area (Å²) in [5.41, 5.74) is 6.70. The molecule has 2 N–H and O–H groups in total. The Morgan fingerprint density at radius 3 is 2.44 bits per heavy atom. The van der Waals surface area contributed by atoms with Crippen LogP contribution in [-0.2, 0) is 0 Å². The van der Waals surface area contributed by atoms with Gasteiger partial charge in [-0.1, -0.05) is 13.8 Å². The first-order valence-electron chi connectivity index (χ1n) is 5.90. The average Bonchev–Trinajstić information content (AvgIpc) is 2.14. The molecular weight excluding hydrogens is 200 g/mol. The van der Waals surface area contributed by atoms with Gasteiger partial charge in [0, 0.05) is 24.8 Å². The number of aromatic nitrogens is 2. The van der Waals surface area contributed by atoms with Gasteiger partial charge in [-0.2, -0.15) is 4.98 Å². The number of hydrogen-bond acceptors (Lipinski definition) is 4. The normalized spacial score (nSPS) is 25.8. The standard InChI is InChI=1S/C12H20N4/c1-8-4-9(2)7-16(6-8)12-14-10(3)5-11(13)15-12/h5,8-9H,4,6-7H2,1-3H3,(H2,13,14,15)/t8-,9-/m1/s1. The monoisotopic (exact) mass is 220 g/mol. The van der Waals surface area contributed by atoms with E-state index in [-0.39, 0.29) is 0 Å². The van der Waals surface area contributed by atoms with Crippen molar-refractivity contribution in [2.24, 2.45) is 11.8 Å². The molecule has 1 saturated heterocycles. The van der Waals surface area contributed by atoms with Crippen molar-refractivity contribution in [3.8, 4) is 0 Å². The van der Waals surface area contributed by atoms with Crippen LogP contribution in [0.1, 0.15) is 26.0 Å². The maximum atomic E-state index is 5.76. The SMILES string of the molecule is Cc1cc(N)nc(N2C[C@H](C)C[C@@H](C)C2)n1. The van der Waals surface area contributed by atoms with Crippen LogP contribution in [0, 0.1) is 18.8 Å². The minimum atomic E-state index is 0.563. The third-order valence-corrected chi connectivity index (χ3v) is 3.01. The molecule has 0 saturated carbocycles. The Hall–Kier alpha value is -1.32. The van der Waals surface area contributed by atoms with Crippen molar-refractivity contribution < 1.29 is 0 Å². The van der Waals surface area contributed by atoms with E-state index in [0.717, 1.165) is 24.7 Å². The fourth-order valence-electron chi connectivity index (χ4n) is 2.54. The van der Waals surface area contributed by atoms with E-state index in [9.17, 15) is 0 Å². The summed E-state index contributed by atoms with van der Waals surface area (Å²) in [6.07, 6.45) is 1.29. The Balaban J connectivity index is 2.22. The number of nitrogens with zero attached hydrogens (tertiary/aromatic N) is 3. The second kappa shape index (κ2) is 4.28. The van der Waals surface area contributed by atoms with Gasteiger partial charge in [0.1, 0.15) is 5.82 Å². The first kappa shape index (κ1) is 11.2. The highest BCUT2D eigenvalue weighted by Gasteiger charge is 2.23. The molecular formula is C12H20N4. The van der Waals surface area contributed by atoms with E-state index in [1.165, 1.54) is 6.42 Å². The lowest BCUT2D eigenvalue weighted by molar-refractivity contribution is 0.353. The van der Waals surface area contributed by atoms with E-state index in [4.69, 9.17) is 5.73 Å². The molecule has 0 unspecified atom stereocenters. The predicted octanol–water partition coefficient (Wildman–Crippen LogP) is 1.85. The van der Waals surface area contributed by atoms with Gasteiger partial charge in [-0.25, -0.2) is 4.98 Å². The van der Waals surface area contributed by atoms with Gasteiger partial charge in [-0.05, 0) is 25.2 Å². The minimum Gasteiger partial charge on any atom is -0.384 e. The molecule has 0 radical (unpaired) electrons. The zero-order chi connectivity index (χ0) is 11.7. The number of nitrogens with two attached hydrogens (primary N) is 1. The third kappa shape index (κ3) is 2.43. The molecule has 1 fully saturated rings. The predicted molar refractivity (Wildman–Crippen MR) is 66.3 cm³/mol. The Bertz CT molecular complexity index is 347. The lowest BCUT2D eigenvalue weighted by atomic mass is 9.92. The zero-order valence-corrected chi connectivity index (χ0v) is 10.3. The number of nitrogen functional groups attached to an aromatic ring is 1. The lowest BCUT2D eigenvalue weighted by Crippen LogP contribution is -2.39. The molecule has 1 aliphatic rings. The van der Waals surface area contributed by atoms with Gasteiger partial charge < -0.3 is 10.6 Å². The first-order valence-corrected chi connectivity index (χ1v) is 5.90. The molecule has 4 nitrogen and oxygen atoms in total. The van der Waals surface area contributed by atoms with Crippen molar-refractivity contribution >= 4 is 11.8 Å². The van der Waals surface area contributed by atoms with Crippen molar-refractivity contribution in [2.75, 3.05) is 23.7 Å². The minimum absolute atomic E-state index is 0.563. The lowest BCUT2D eigenvalue weighted by Gasteiger charge is -2.35. The van der Waals surface area contributed by atoms with Gasteiger partial charge in [-0.3, -0.25) is 0 Å². The van der Waals surface area contributed by atoms with E-state index >= 15 is 0 Å². The quantitative estimate of drug-likeness (QED) is 0.784. The van der Waals surface area contributed by atoms with E-state index in [1.54, 1.807) is 6.07 Å². The summed E-state index contributed by atoms with van der Waals surface area (Å²) in [6.45, 7) is 8.59. The van der Waals surface area contributed by atoms with Crippen molar-refractivity contribution in [1.29, 1.82) is 0 Å². The van der Waals surface area contributed by atoms with Crippen LogP contribution in [0.25, 0.3) is 0 Å². The third-order valence-electron chi connectivity index (χ3n) is 3.01. The molecule has 2 atom stereocenters. The fraction of sp³-hybridized carbons (Fsp3) is 0.667. The van der Waals surface area contributed by atoms with Gasteiger partial charge in [-0.15, -0.1) is 0 Å². The first-order chi connectivity index (χ1) is 7.54. The Kier molecular flexibility index (Phi) is 2.99. The summed E-state index contributed by atoms with van der Waals surface area (Å²) >= 11 is 0. The Morgan fingerprint density at radius 2 is 1.88 bits per heavy atom. The molecule has 0 aliphatic carbocycles. The van der Waals surface area contributed by atoms with E-state index < -0.39 is 0 Å². The molecule has 1 aromatic rings. The second-order valence-electron chi connectivity index (χ2n) is 5.09. The number of aryl methyl sites for hydroxylation is 1. The summed E-state index contributed by atoms with van der Waals surface area (Å²) in [7, 11) is 0. The van der Waals surface area contributed by atoms with Crippen LogP contribution in [0.4, 0.5) is 11.8 Å². The summed E-state index contributed by atoms with van der Waals surface area (Å²) in [5, 5.41) is 0. The molecule has 2 rings (SSSR count). The fourth-order valence-corrected chi connectivity index (χ4v) is 2.54. The molecule has 1 aromatic heterocycles. The van der Waals surface area contributed by atoms with Crippen LogP contribution in [0.2, 0.25) is 0 Å². The molecule has 88 valence electrons. The van der Waals surface area contributed by atoms with Gasteiger partial charge in [0.25, 0.3) is 0 Å². The molecule has 0 bridgehead atoms. The maximum absolute atomic E-state index is 5.76. The van der Waals surface area contributed by atoms with Crippen LogP contribution in [0.3, 0.4) is 0 Å². The zero-order valence-electron chi connectivity index (χ0n) is 10.3. The summed E-state index contributed by atoms with van der Waals surface area (Å²) in [5.74, 6) is 2.76. The van der Waals surface area contributed by atoms with E-state index in [1.807, 2.05) is 6.92 Å². The van der Waals surface area contributed by atoms with Gasteiger partial charge >= 0.3 is 0 Å². The highest BCUT2D eigenvalue weighted by molar-refractivity contribution is 5.40. The number of rotatable bonds is 1. The Morgan fingerprint density at radius 1 is 1.25 bits per heavy atom. The highest BCUT2D eigenvalue weighted by atomic mass is 15.3. The highest BCUT2D eigenvalue weighted by Crippen LogP contribution is 2.24. The molecule has 2 heterocycles. The topological polar surface area (TPSA) is 55.0 Å². The van der Waals surface area contributed by atoms with Crippen LogP contribution in [0.5, 0.6) is 0 Å². The van der Waals surface area contributed by atoms with Gasteiger partial charge in [0.15, 0.2) is 0 Å². The largest absolute Gasteiger partial charge is 0.384 e. The Labute approximate surface area is 96.9 Å². The van der Waals surface area contributed by atoms with Crippen molar-refractivity contribution in [3.63, 3.8) is 0 Å². The van der Waals surface area contributed by atoms with Crippen molar-refractivity contribution in [3.05, 3.63) is 11.8 Å². The average molecular weight is 220 g/mol. The molecule has 0 aromatic carbocycles. The van der Waals surface area contributed by atoms with E-state index in [0.29, 0.717) is 17.7 Å². The van der Waals surface area contributed by atoms with Gasteiger partial charge in [0.2, 0.25) is 5.95 Å².